The lowest BCUT2D eigenvalue weighted by molar-refractivity contribution is -0.139. The number of carboxylic acid groups (broad SMARTS) is 1. The lowest BCUT2D eigenvalue weighted by Crippen LogP contribution is -2.42. The predicted octanol–water partition coefficient (Wildman–Crippen LogP) is 4.18. The minimum Gasteiger partial charge on any atom is -0.493 e. The molecule has 0 aliphatic rings. The molecule has 0 bridgehead atoms. The quantitative estimate of drug-likeness (QED) is 0.373. The first kappa shape index (κ1) is 22.0. The number of ether oxygens (including phenoxy) is 2. The molecule has 0 radical (unpaired) electrons. The van der Waals surface area contributed by atoms with Gasteiger partial charge in [-0.25, -0.2) is 4.79 Å². The summed E-state index contributed by atoms with van der Waals surface area (Å²) in [6.07, 6.45) is 1.91. The van der Waals surface area contributed by atoms with Gasteiger partial charge in [0.15, 0.2) is 11.5 Å². The third kappa shape index (κ3) is 4.41. The van der Waals surface area contributed by atoms with Crippen LogP contribution in [0, 0.1) is 6.92 Å². The largest absolute Gasteiger partial charge is 0.493 e. The molecule has 2 aromatic carbocycles. The van der Waals surface area contributed by atoms with E-state index in [2.05, 4.69) is 10.3 Å². The van der Waals surface area contributed by atoms with Gasteiger partial charge in [-0.15, -0.1) is 0 Å². The van der Waals surface area contributed by atoms with Crippen LogP contribution in [-0.2, 0) is 11.2 Å². The highest BCUT2D eigenvalue weighted by atomic mass is 16.5. The Bertz CT molecular complexity index is 1320. The van der Waals surface area contributed by atoms with Crippen molar-refractivity contribution in [2.75, 3.05) is 14.2 Å². The Morgan fingerprint density at radius 2 is 1.85 bits per heavy atom. The van der Waals surface area contributed by atoms with Gasteiger partial charge >= 0.3 is 5.97 Å². The molecule has 0 unspecified atom stereocenters. The van der Waals surface area contributed by atoms with Crippen molar-refractivity contribution in [3.05, 3.63) is 71.6 Å². The maximum atomic E-state index is 13.0. The highest BCUT2D eigenvalue weighted by Crippen LogP contribution is 2.34. The number of hydrogen-bond acceptors (Lipinski definition) is 5. The van der Waals surface area contributed by atoms with E-state index < -0.39 is 17.9 Å². The zero-order valence-electron chi connectivity index (χ0n) is 18.5. The van der Waals surface area contributed by atoms with Gasteiger partial charge in [0.25, 0.3) is 5.91 Å². The summed E-state index contributed by atoms with van der Waals surface area (Å²) < 4.78 is 16.4. The van der Waals surface area contributed by atoms with Crippen molar-refractivity contribution >= 4 is 22.8 Å². The number of aromatic amines is 1. The van der Waals surface area contributed by atoms with Gasteiger partial charge in [-0.1, -0.05) is 18.2 Å². The van der Waals surface area contributed by atoms with Crippen molar-refractivity contribution in [2.24, 2.45) is 0 Å². The van der Waals surface area contributed by atoms with Crippen LogP contribution in [0.5, 0.6) is 11.5 Å². The Labute approximate surface area is 190 Å². The lowest BCUT2D eigenvalue weighted by atomic mass is 10.0. The smallest absolute Gasteiger partial charge is 0.326 e. The van der Waals surface area contributed by atoms with E-state index in [4.69, 9.17) is 13.9 Å². The Kier molecular flexibility index (Phi) is 6.08. The Hall–Kier alpha value is -4.20. The Morgan fingerprint density at radius 1 is 1.09 bits per heavy atom. The number of furan rings is 1. The van der Waals surface area contributed by atoms with Crippen LogP contribution in [0.4, 0.5) is 0 Å². The van der Waals surface area contributed by atoms with Crippen LogP contribution in [0.3, 0.4) is 0 Å². The number of carbonyl (C=O) groups excluding carboxylic acids is 1. The molecule has 0 saturated heterocycles. The fourth-order valence-electron chi connectivity index (χ4n) is 3.80. The SMILES string of the molecule is COc1ccc(-c2cc(C(=O)N[C@H](Cc3c[nH]c4ccccc34)C(=O)O)c(C)o2)cc1OC. The molecule has 0 fully saturated rings. The molecule has 0 spiro atoms. The van der Waals surface area contributed by atoms with Crippen molar-refractivity contribution < 1.29 is 28.6 Å². The van der Waals surface area contributed by atoms with Crippen molar-refractivity contribution in [3.63, 3.8) is 0 Å². The van der Waals surface area contributed by atoms with Crippen molar-refractivity contribution in [1.29, 1.82) is 0 Å². The summed E-state index contributed by atoms with van der Waals surface area (Å²) in [6.45, 7) is 1.66. The topological polar surface area (TPSA) is 114 Å². The molecule has 0 saturated carbocycles. The van der Waals surface area contributed by atoms with Gasteiger partial charge in [0.1, 0.15) is 17.6 Å². The number of hydrogen-bond donors (Lipinski definition) is 3. The number of carboxylic acids is 1. The van der Waals surface area contributed by atoms with Gasteiger partial charge in [-0.3, -0.25) is 4.79 Å². The van der Waals surface area contributed by atoms with Crippen LogP contribution in [0.2, 0.25) is 0 Å². The van der Waals surface area contributed by atoms with Gasteiger partial charge in [0.05, 0.1) is 19.8 Å². The maximum Gasteiger partial charge on any atom is 0.326 e. The van der Waals surface area contributed by atoms with E-state index in [1.54, 1.807) is 44.5 Å². The number of methoxy groups -OCH3 is 2. The molecule has 1 atom stereocenters. The molecule has 8 nitrogen and oxygen atoms in total. The zero-order chi connectivity index (χ0) is 23.5. The third-order valence-corrected chi connectivity index (χ3v) is 5.53. The second-order valence-electron chi connectivity index (χ2n) is 7.58. The molecule has 2 heterocycles. The van der Waals surface area contributed by atoms with Crippen LogP contribution in [0.15, 0.2) is 59.1 Å². The first-order valence-electron chi connectivity index (χ1n) is 10.3. The van der Waals surface area contributed by atoms with E-state index in [-0.39, 0.29) is 12.0 Å². The fourth-order valence-corrected chi connectivity index (χ4v) is 3.80. The van der Waals surface area contributed by atoms with E-state index in [9.17, 15) is 14.7 Å². The van der Waals surface area contributed by atoms with E-state index in [0.717, 1.165) is 16.5 Å². The summed E-state index contributed by atoms with van der Waals surface area (Å²) in [6, 6.07) is 13.4. The number of amides is 1. The number of H-pyrrole nitrogens is 1. The first-order chi connectivity index (χ1) is 15.9. The highest BCUT2D eigenvalue weighted by molar-refractivity contribution is 5.98. The van der Waals surface area contributed by atoms with Crippen molar-refractivity contribution in [1.82, 2.24) is 10.3 Å². The van der Waals surface area contributed by atoms with Gasteiger partial charge in [0, 0.05) is 29.1 Å². The first-order valence-corrected chi connectivity index (χ1v) is 10.3. The number of carbonyl (C=O) groups is 2. The molecule has 4 aromatic rings. The average Bonchev–Trinajstić information content (AvgIpc) is 3.41. The normalized spacial score (nSPS) is 11.8. The average molecular weight is 448 g/mol. The minimum absolute atomic E-state index is 0.143. The monoisotopic (exact) mass is 448 g/mol. The number of fused-ring (bicyclic) bond motifs is 1. The lowest BCUT2D eigenvalue weighted by Gasteiger charge is -2.14. The van der Waals surface area contributed by atoms with Crippen molar-refractivity contribution in [3.8, 4) is 22.8 Å². The summed E-state index contributed by atoms with van der Waals surface area (Å²) in [4.78, 5) is 28.0. The van der Waals surface area contributed by atoms with Gasteiger partial charge in [-0.05, 0) is 42.8 Å². The molecule has 4 rings (SSSR count). The number of nitrogens with one attached hydrogen (secondary N) is 2. The van der Waals surface area contributed by atoms with E-state index in [1.165, 1.54) is 7.11 Å². The van der Waals surface area contributed by atoms with Crippen molar-refractivity contribution in [2.45, 2.75) is 19.4 Å². The number of benzene rings is 2. The fraction of sp³-hybridized carbons (Fsp3) is 0.200. The van der Waals surface area contributed by atoms with E-state index in [0.29, 0.717) is 28.6 Å². The number of aromatic nitrogens is 1. The third-order valence-electron chi connectivity index (χ3n) is 5.53. The molecule has 170 valence electrons. The standard InChI is InChI=1S/C25H24N2O6/c1-14-18(12-22(33-14)15-8-9-21(31-2)23(11-15)32-3)24(28)27-20(25(29)30)10-16-13-26-19-7-5-4-6-17(16)19/h4-9,11-13,20,26H,10H2,1-3H3,(H,27,28)(H,29,30)/t20-/m1/s1. The van der Waals surface area contributed by atoms with Gasteiger partial charge < -0.3 is 29.3 Å². The molecule has 1 amide bonds. The van der Waals surface area contributed by atoms with Gasteiger partial charge in [-0.2, -0.15) is 0 Å². The number of rotatable bonds is 8. The van der Waals surface area contributed by atoms with Gasteiger partial charge in [0.2, 0.25) is 0 Å². The molecule has 33 heavy (non-hydrogen) atoms. The van der Waals surface area contributed by atoms with Crippen LogP contribution >= 0.6 is 0 Å². The summed E-state index contributed by atoms with van der Waals surface area (Å²) in [7, 11) is 3.08. The van der Waals surface area contributed by atoms with Crippen LogP contribution in [0.1, 0.15) is 21.7 Å². The summed E-state index contributed by atoms with van der Waals surface area (Å²) >= 11 is 0. The Morgan fingerprint density at radius 3 is 2.58 bits per heavy atom. The molecular formula is C25H24N2O6. The van der Waals surface area contributed by atoms with Crippen LogP contribution < -0.4 is 14.8 Å². The Balaban J connectivity index is 1.56. The molecule has 8 heteroatoms. The summed E-state index contributed by atoms with van der Waals surface area (Å²) in [5.41, 5.74) is 2.69. The number of para-hydroxylation sites is 1. The predicted molar refractivity (Wildman–Crippen MR) is 123 cm³/mol. The second-order valence-corrected chi connectivity index (χ2v) is 7.58. The summed E-state index contributed by atoms with van der Waals surface area (Å²) in [5, 5.41) is 13.3. The molecule has 0 aliphatic heterocycles. The van der Waals surface area contributed by atoms with Crippen LogP contribution in [-0.4, -0.2) is 42.2 Å². The van der Waals surface area contributed by atoms with Crippen LogP contribution in [0.25, 0.3) is 22.2 Å². The highest BCUT2D eigenvalue weighted by Gasteiger charge is 2.25. The molecule has 2 aromatic heterocycles. The minimum atomic E-state index is -1.12. The maximum absolute atomic E-state index is 13.0. The van der Waals surface area contributed by atoms with E-state index >= 15 is 0 Å². The zero-order valence-corrected chi connectivity index (χ0v) is 18.5. The molecule has 3 N–H and O–H groups in total. The molecular weight excluding hydrogens is 424 g/mol. The summed E-state index contributed by atoms with van der Waals surface area (Å²) in [5.74, 6) is 0.310. The molecule has 0 aliphatic carbocycles. The number of aliphatic carboxylic acids is 1. The van der Waals surface area contributed by atoms with E-state index in [1.807, 2.05) is 24.3 Å². The number of aryl methyl sites for hydroxylation is 1. The second kappa shape index (κ2) is 9.12.